The van der Waals surface area contributed by atoms with Crippen LogP contribution in [0, 0.1) is 5.82 Å². The Balaban J connectivity index is 2.09. The summed E-state index contributed by atoms with van der Waals surface area (Å²) < 4.78 is 16.4. The average Bonchev–Trinajstić information content (AvgIpc) is 2.85. The van der Waals surface area contributed by atoms with Gasteiger partial charge in [0.05, 0.1) is 21.4 Å². The Morgan fingerprint density at radius 3 is 3.00 bits per heavy atom. The molecule has 1 saturated carbocycles. The third-order valence-corrected chi connectivity index (χ3v) is 6.16. The highest BCUT2D eigenvalue weighted by atomic mass is 79.9. The quantitative estimate of drug-likeness (QED) is 0.641. The number of benzene rings is 1. The molecular weight excluding hydrogens is 375 g/mol. The molecule has 0 saturated heterocycles. The smallest absolute Gasteiger partial charge is 0.139 e. The summed E-state index contributed by atoms with van der Waals surface area (Å²) in [6.45, 7) is 0. The highest BCUT2D eigenvalue weighted by molar-refractivity contribution is 9.10. The summed E-state index contributed by atoms with van der Waals surface area (Å²) in [7, 11) is 0. The lowest BCUT2D eigenvalue weighted by molar-refractivity contribution is 0.362. The third kappa shape index (κ3) is 2.97. The zero-order valence-electron chi connectivity index (χ0n) is 11.8. The fourth-order valence-corrected chi connectivity index (χ4v) is 4.55. The van der Waals surface area contributed by atoms with Gasteiger partial charge in [0.2, 0.25) is 0 Å². The van der Waals surface area contributed by atoms with Crippen LogP contribution in [-0.4, -0.2) is 21.1 Å². The van der Waals surface area contributed by atoms with Gasteiger partial charge in [0.25, 0.3) is 0 Å². The van der Waals surface area contributed by atoms with Crippen LogP contribution < -0.4 is 0 Å². The van der Waals surface area contributed by atoms with Crippen molar-refractivity contribution in [2.24, 2.45) is 0 Å². The minimum absolute atomic E-state index is 0.279. The molecule has 1 aliphatic rings. The predicted octanol–water partition coefficient (Wildman–Crippen LogP) is 5.52. The van der Waals surface area contributed by atoms with Crippen molar-refractivity contribution < 1.29 is 4.39 Å². The van der Waals surface area contributed by atoms with E-state index in [1.807, 2.05) is 17.8 Å². The van der Waals surface area contributed by atoms with Crippen molar-refractivity contribution in [1.29, 1.82) is 0 Å². The normalized spacial score (nSPS) is 22.9. The van der Waals surface area contributed by atoms with E-state index in [0.29, 0.717) is 27.2 Å². The summed E-state index contributed by atoms with van der Waals surface area (Å²) in [6.07, 6.45) is 6.94. The van der Waals surface area contributed by atoms with Gasteiger partial charge in [-0.15, -0.1) is 11.6 Å². The second-order valence-electron chi connectivity index (χ2n) is 5.46. The van der Waals surface area contributed by atoms with E-state index < -0.39 is 0 Å². The van der Waals surface area contributed by atoms with Gasteiger partial charge in [0, 0.05) is 17.4 Å². The summed E-state index contributed by atoms with van der Waals surface area (Å²) in [6, 6.07) is 3.73. The zero-order valence-corrected chi connectivity index (χ0v) is 14.9. The maximum atomic E-state index is 13.7. The maximum Gasteiger partial charge on any atom is 0.139 e. The number of halogens is 3. The van der Waals surface area contributed by atoms with Crippen LogP contribution in [0.3, 0.4) is 0 Å². The van der Waals surface area contributed by atoms with Gasteiger partial charge in [-0.25, -0.2) is 9.37 Å². The molecule has 2 atom stereocenters. The molecule has 1 aliphatic carbocycles. The number of aromatic nitrogens is 2. The monoisotopic (exact) mass is 390 g/mol. The maximum absolute atomic E-state index is 13.7. The predicted molar refractivity (Wildman–Crippen MR) is 91.8 cm³/mol. The highest BCUT2D eigenvalue weighted by Crippen LogP contribution is 2.37. The van der Waals surface area contributed by atoms with E-state index in [-0.39, 0.29) is 5.82 Å². The second-order valence-corrected chi connectivity index (χ2v) is 7.72. The minimum atomic E-state index is -0.279. The first-order valence-corrected chi connectivity index (χ1v) is 9.70. The van der Waals surface area contributed by atoms with E-state index >= 15 is 0 Å². The van der Waals surface area contributed by atoms with Crippen LogP contribution in [0.1, 0.15) is 37.5 Å². The highest BCUT2D eigenvalue weighted by Gasteiger charge is 2.26. The molecule has 1 heterocycles. The number of hydrogen-bond acceptors (Lipinski definition) is 2. The Morgan fingerprint density at radius 1 is 1.48 bits per heavy atom. The largest absolute Gasteiger partial charge is 0.324 e. The Hall–Kier alpha value is -0.260. The first kappa shape index (κ1) is 15.6. The van der Waals surface area contributed by atoms with Crippen LogP contribution >= 0.6 is 39.3 Å². The molecule has 0 radical (unpaired) electrons. The molecule has 2 aromatic rings. The average molecular weight is 392 g/mol. The van der Waals surface area contributed by atoms with Gasteiger partial charge in [-0.2, -0.15) is 11.8 Å². The van der Waals surface area contributed by atoms with E-state index in [2.05, 4.69) is 31.7 Å². The number of imidazole rings is 1. The molecule has 1 aromatic heterocycles. The van der Waals surface area contributed by atoms with Gasteiger partial charge < -0.3 is 4.57 Å². The minimum Gasteiger partial charge on any atom is -0.324 e. The summed E-state index contributed by atoms with van der Waals surface area (Å²) in [4.78, 5) is 4.52. The fourth-order valence-electron chi connectivity index (χ4n) is 3.21. The lowest BCUT2D eigenvalue weighted by Gasteiger charge is -2.30. The van der Waals surface area contributed by atoms with Crippen LogP contribution in [-0.2, 0) is 5.88 Å². The first-order chi connectivity index (χ1) is 10.1. The Kier molecular flexibility index (Phi) is 4.81. The van der Waals surface area contributed by atoms with E-state index in [9.17, 15) is 4.39 Å². The Labute approximate surface area is 141 Å². The van der Waals surface area contributed by atoms with Gasteiger partial charge in [-0.05, 0) is 47.5 Å². The number of thioether (sulfide) groups is 1. The Morgan fingerprint density at radius 2 is 2.29 bits per heavy atom. The first-order valence-electron chi connectivity index (χ1n) is 7.08. The molecule has 2 nitrogen and oxygen atoms in total. The topological polar surface area (TPSA) is 17.8 Å². The number of alkyl halides is 1. The zero-order chi connectivity index (χ0) is 15.0. The van der Waals surface area contributed by atoms with E-state index in [1.165, 1.54) is 18.9 Å². The summed E-state index contributed by atoms with van der Waals surface area (Å²) >= 11 is 11.3. The molecule has 1 fully saturated rings. The van der Waals surface area contributed by atoms with Crippen LogP contribution in [0.2, 0.25) is 0 Å². The third-order valence-electron chi connectivity index (χ3n) is 4.22. The molecule has 0 N–H and O–H groups in total. The molecule has 0 bridgehead atoms. The molecule has 1 aromatic carbocycles. The van der Waals surface area contributed by atoms with Crippen molar-refractivity contribution in [2.45, 2.75) is 42.9 Å². The van der Waals surface area contributed by atoms with Crippen molar-refractivity contribution in [3.63, 3.8) is 0 Å². The van der Waals surface area contributed by atoms with Gasteiger partial charge in [-0.3, -0.25) is 0 Å². The van der Waals surface area contributed by atoms with Gasteiger partial charge in [0.1, 0.15) is 11.6 Å². The van der Waals surface area contributed by atoms with Gasteiger partial charge in [0.15, 0.2) is 0 Å². The molecule has 0 aliphatic heterocycles. The number of fused-ring (bicyclic) bond motifs is 1. The molecule has 3 rings (SSSR count). The van der Waals surface area contributed by atoms with E-state index in [0.717, 1.165) is 24.2 Å². The van der Waals surface area contributed by atoms with Crippen LogP contribution in [0.15, 0.2) is 16.6 Å². The van der Waals surface area contributed by atoms with Gasteiger partial charge in [-0.1, -0.05) is 6.42 Å². The standard InChI is InChI=1S/C15H17BrClFN2S/c1-21-10-4-2-3-9(5-10)20-14-6-11(16)12(18)7-13(14)19-15(20)8-17/h6-7,9-10H,2-5,8H2,1H3. The fraction of sp³-hybridized carbons (Fsp3) is 0.533. The Bertz CT molecular complexity index is 661. The van der Waals surface area contributed by atoms with Crippen molar-refractivity contribution in [2.75, 3.05) is 6.26 Å². The molecule has 0 amide bonds. The van der Waals surface area contributed by atoms with Crippen molar-refractivity contribution >= 4 is 50.3 Å². The number of hydrogen-bond donors (Lipinski definition) is 0. The molecule has 114 valence electrons. The molecule has 21 heavy (non-hydrogen) atoms. The van der Waals surface area contributed by atoms with Crippen LogP contribution in [0.4, 0.5) is 4.39 Å². The number of nitrogens with zero attached hydrogens (tertiary/aromatic N) is 2. The summed E-state index contributed by atoms with van der Waals surface area (Å²) in [5, 5.41) is 0.688. The van der Waals surface area contributed by atoms with Gasteiger partial charge >= 0.3 is 0 Å². The van der Waals surface area contributed by atoms with E-state index in [1.54, 1.807) is 0 Å². The van der Waals surface area contributed by atoms with E-state index in [4.69, 9.17) is 11.6 Å². The summed E-state index contributed by atoms with van der Waals surface area (Å²) in [5.74, 6) is 0.920. The van der Waals surface area contributed by atoms with Crippen molar-refractivity contribution in [3.8, 4) is 0 Å². The van der Waals surface area contributed by atoms with Crippen LogP contribution in [0.25, 0.3) is 11.0 Å². The lowest BCUT2D eigenvalue weighted by Crippen LogP contribution is -2.21. The molecule has 2 unspecified atom stereocenters. The SMILES string of the molecule is CSC1CCCC(n2c(CCl)nc3cc(F)c(Br)cc32)C1. The van der Waals surface area contributed by atoms with Crippen molar-refractivity contribution in [3.05, 3.63) is 28.2 Å². The molecular formula is C15H17BrClFN2S. The molecule has 6 heteroatoms. The second kappa shape index (κ2) is 6.47. The summed E-state index contributed by atoms with van der Waals surface area (Å²) in [5.41, 5.74) is 1.67. The molecule has 0 spiro atoms. The van der Waals surface area contributed by atoms with Crippen molar-refractivity contribution in [1.82, 2.24) is 9.55 Å². The lowest BCUT2D eigenvalue weighted by atomic mass is 9.94. The number of rotatable bonds is 3. The van der Waals surface area contributed by atoms with Crippen LogP contribution in [0.5, 0.6) is 0 Å².